The quantitative estimate of drug-likeness (QED) is 0.182. The molecule has 0 fully saturated rings. The van der Waals surface area contributed by atoms with Gasteiger partial charge in [0.05, 0.1) is 17.4 Å². The number of aromatic hydroxyl groups is 1. The molecule has 0 radical (unpaired) electrons. The summed E-state index contributed by atoms with van der Waals surface area (Å²) in [5.41, 5.74) is 6.69. The molecule has 1 aromatic rings. The molecule has 0 aliphatic heterocycles. The highest BCUT2D eigenvalue weighted by molar-refractivity contribution is 6.24. The molecule has 30 heavy (non-hydrogen) atoms. The highest BCUT2D eigenvalue weighted by Gasteiger charge is 2.64. The van der Waals surface area contributed by atoms with Crippen molar-refractivity contribution in [2.45, 2.75) is 31.0 Å². The molecule has 2 unspecified atom stereocenters. The standard InChI is InChI=1S/C20H20N2O8/c1-5-6-2-3-8(21)15(25)11(6)16(26)13-10(5)14(24)7-4-9(23)12(19(22)29)17(27)20(7,30)18(13)28/h2-3,5,7,10,14,23-25,28,30H,4,21H2,1H3,(H2,22,29)/t5-,7?,10?,14+,20+/m0/s1. The number of hydrogen-bond acceptors (Lipinski definition) is 9. The van der Waals surface area contributed by atoms with E-state index in [0.29, 0.717) is 5.56 Å². The third-order valence-electron chi connectivity index (χ3n) is 6.53. The van der Waals surface area contributed by atoms with Gasteiger partial charge in [-0.25, -0.2) is 0 Å². The molecule has 4 rings (SSSR count). The number of allylic oxidation sites excluding steroid dienone is 1. The third-order valence-corrected chi connectivity index (χ3v) is 6.53. The molecule has 0 saturated carbocycles. The van der Waals surface area contributed by atoms with E-state index in [2.05, 4.69) is 0 Å². The van der Waals surface area contributed by atoms with E-state index in [4.69, 9.17) is 11.5 Å². The van der Waals surface area contributed by atoms with Crippen LogP contribution in [0.2, 0.25) is 0 Å². The molecule has 0 spiro atoms. The number of carbonyl (C=O) groups is 3. The number of benzene rings is 1. The Morgan fingerprint density at radius 3 is 2.43 bits per heavy atom. The Hall–Kier alpha value is -3.37. The first-order chi connectivity index (χ1) is 13.9. The van der Waals surface area contributed by atoms with E-state index in [1.807, 2.05) is 0 Å². The van der Waals surface area contributed by atoms with Gasteiger partial charge in [0.25, 0.3) is 5.91 Å². The minimum absolute atomic E-state index is 0.0848. The van der Waals surface area contributed by atoms with E-state index < -0.39 is 81.8 Å². The highest BCUT2D eigenvalue weighted by atomic mass is 16.4. The van der Waals surface area contributed by atoms with Crippen molar-refractivity contribution in [1.82, 2.24) is 0 Å². The first-order valence-corrected chi connectivity index (χ1v) is 9.21. The molecule has 9 N–H and O–H groups in total. The molecule has 3 aliphatic rings. The van der Waals surface area contributed by atoms with Gasteiger partial charge in [-0.15, -0.1) is 0 Å². The van der Waals surface area contributed by atoms with Crippen LogP contribution in [0.3, 0.4) is 0 Å². The van der Waals surface area contributed by atoms with Crippen molar-refractivity contribution < 1.29 is 39.9 Å². The molecule has 158 valence electrons. The van der Waals surface area contributed by atoms with E-state index in [1.165, 1.54) is 12.1 Å². The Balaban J connectivity index is 2.01. The summed E-state index contributed by atoms with van der Waals surface area (Å²) in [5.74, 6) is -9.01. The molecular weight excluding hydrogens is 396 g/mol. The van der Waals surface area contributed by atoms with Crippen LogP contribution >= 0.6 is 0 Å². The zero-order valence-electron chi connectivity index (χ0n) is 15.8. The predicted octanol–water partition coefficient (Wildman–Crippen LogP) is -0.306. The van der Waals surface area contributed by atoms with Crippen LogP contribution in [0.5, 0.6) is 5.75 Å². The summed E-state index contributed by atoms with van der Waals surface area (Å²) >= 11 is 0. The number of aliphatic hydroxyl groups is 4. The maximum absolute atomic E-state index is 13.2. The number of phenolic OH excluding ortho intramolecular Hbond substituents is 1. The largest absolute Gasteiger partial charge is 0.511 e. The van der Waals surface area contributed by atoms with Crippen molar-refractivity contribution in [2.24, 2.45) is 17.6 Å². The van der Waals surface area contributed by atoms with E-state index >= 15 is 0 Å². The summed E-state index contributed by atoms with van der Waals surface area (Å²) in [7, 11) is 0. The summed E-state index contributed by atoms with van der Waals surface area (Å²) in [4.78, 5) is 37.7. The SMILES string of the molecule is C[C@H]1c2ccc(N)c(O)c2C(=O)C2=C(O)[C@]3(O)C(=O)C(C(N)=O)=C(O)CC3[C@@H](O)C21. The molecule has 1 aromatic carbocycles. The Morgan fingerprint density at radius 2 is 1.83 bits per heavy atom. The fourth-order valence-corrected chi connectivity index (χ4v) is 5.01. The molecule has 0 heterocycles. The van der Waals surface area contributed by atoms with Gasteiger partial charge in [-0.1, -0.05) is 13.0 Å². The molecule has 0 saturated heterocycles. The number of phenols is 1. The Kier molecular flexibility index (Phi) is 4.03. The highest BCUT2D eigenvalue weighted by Crippen LogP contribution is 2.55. The Morgan fingerprint density at radius 1 is 1.20 bits per heavy atom. The summed E-state index contributed by atoms with van der Waals surface area (Å²) in [5, 5.41) is 53.5. The lowest BCUT2D eigenvalue weighted by molar-refractivity contribution is -0.154. The van der Waals surface area contributed by atoms with Crippen LogP contribution in [-0.4, -0.2) is 54.7 Å². The predicted molar refractivity (Wildman–Crippen MR) is 101 cm³/mol. The summed E-state index contributed by atoms with van der Waals surface area (Å²) in [6, 6.07) is 2.92. The average Bonchev–Trinajstić information content (AvgIpc) is 2.67. The van der Waals surface area contributed by atoms with Crippen LogP contribution in [0, 0.1) is 11.8 Å². The topological polar surface area (TPSA) is 204 Å². The van der Waals surface area contributed by atoms with Crippen molar-refractivity contribution >= 4 is 23.2 Å². The lowest BCUT2D eigenvalue weighted by atomic mass is 9.56. The molecular formula is C20H20N2O8. The van der Waals surface area contributed by atoms with Gasteiger partial charge in [0, 0.05) is 23.8 Å². The van der Waals surface area contributed by atoms with Crippen LogP contribution in [0.25, 0.3) is 0 Å². The number of anilines is 1. The summed E-state index contributed by atoms with van der Waals surface area (Å²) in [6.07, 6.45) is -2.07. The van der Waals surface area contributed by atoms with Gasteiger partial charge >= 0.3 is 0 Å². The van der Waals surface area contributed by atoms with Crippen LogP contribution in [0.1, 0.15) is 35.2 Å². The summed E-state index contributed by atoms with van der Waals surface area (Å²) in [6.45, 7) is 1.64. The van der Waals surface area contributed by atoms with Gasteiger partial charge in [0.1, 0.15) is 22.8 Å². The van der Waals surface area contributed by atoms with Gasteiger partial charge < -0.3 is 37.0 Å². The van der Waals surface area contributed by atoms with Gasteiger partial charge in [-0.05, 0) is 17.5 Å². The number of amides is 1. The van der Waals surface area contributed by atoms with Crippen molar-refractivity contribution in [2.75, 3.05) is 5.73 Å². The normalized spacial score (nSPS) is 33.2. The number of fused-ring (bicyclic) bond motifs is 3. The zero-order valence-corrected chi connectivity index (χ0v) is 15.8. The van der Waals surface area contributed by atoms with Crippen molar-refractivity contribution in [1.29, 1.82) is 0 Å². The Bertz CT molecular complexity index is 1100. The molecule has 0 aromatic heterocycles. The Labute approximate surface area is 169 Å². The first-order valence-electron chi connectivity index (χ1n) is 9.21. The van der Waals surface area contributed by atoms with Gasteiger partial charge in [-0.2, -0.15) is 0 Å². The number of carbonyl (C=O) groups excluding carboxylic acids is 3. The molecule has 1 amide bonds. The van der Waals surface area contributed by atoms with E-state index in [9.17, 15) is 39.9 Å². The smallest absolute Gasteiger partial charge is 0.255 e. The molecule has 10 nitrogen and oxygen atoms in total. The third kappa shape index (κ3) is 2.17. The fraction of sp³-hybridized carbons (Fsp3) is 0.350. The number of ketones is 2. The second kappa shape index (κ2) is 6.07. The lowest BCUT2D eigenvalue weighted by Gasteiger charge is -2.50. The molecule has 5 atom stereocenters. The van der Waals surface area contributed by atoms with E-state index in [-0.39, 0.29) is 11.3 Å². The van der Waals surface area contributed by atoms with Crippen molar-refractivity contribution in [3.05, 3.63) is 45.9 Å². The number of nitrogens with two attached hydrogens (primary N) is 2. The first kappa shape index (κ1) is 19.9. The van der Waals surface area contributed by atoms with E-state index in [1.54, 1.807) is 6.92 Å². The zero-order chi connectivity index (χ0) is 22.3. The minimum atomic E-state index is -2.84. The number of rotatable bonds is 1. The number of aliphatic hydroxyl groups excluding tert-OH is 3. The summed E-state index contributed by atoms with van der Waals surface area (Å²) < 4.78 is 0. The van der Waals surface area contributed by atoms with Gasteiger partial charge in [0.15, 0.2) is 11.4 Å². The lowest BCUT2D eigenvalue weighted by Crippen LogP contribution is -2.62. The average molecular weight is 416 g/mol. The van der Waals surface area contributed by atoms with Crippen molar-refractivity contribution in [3.63, 3.8) is 0 Å². The van der Waals surface area contributed by atoms with E-state index in [0.717, 1.165) is 0 Å². The number of nitrogen functional groups attached to an aromatic ring is 1. The monoisotopic (exact) mass is 416 g/mol. The molecule has 3 aliphatic carbocycles. The number of primary amides is 1. The maximum atomic E-state index is 13.2. The van der Waals surface area contributed by atoms with Crippen LogP contribution in [-0.2, 0) is 9.59 Å². The molecule has 10 heteroatoms. The van der Waals surface area contributed by atoms with Crippen molar-refractivity contribution in [3.8, 4) is 5.75 Å². The molecule has 0 bridgehead atoms. The van der Waals surface area contributed by atoms with Gasteiger partial charge in [-0.3, -0.25) is 14.4 Å². The second-order valence-corrected chi connectivity index (χ2v) is 7.96. The van der Waals surface area contributed by atoms with Gasteiger partial charge in [0.2, 0.25) is 5.78 Å². The fourth-order valence-electron chi connectivity index (χ4n) is 5.01. The maximum Gasteiger partial charge on any atom is 0.255 e. The minimum Gasteiger partial charge on any atom is -0.511 e. The second-order valence-electron chi connectivity index (χ2n) is 7.96. The van der Waals surface area contributed by atoms with Crippen LogP contribution in [0.15, 0.2) is 34.8 Å². The van der Waals surface area contributed by atoms with Crippen LogP contribution in [0.4, 0.5) is 5.69 Å². The number of Topliss-reactive ketones (excluding diaryl/α,β-unsaturated/α-hetero) is 2. The van der Waals surface area contributed by atoms with Crippen LogP contribution < -0.4 is 11.5 Å². The number of hydrogen-bond donors (Lipinski definition) is 7.